The van der Waals surface area contributed by atoms with Crippen LogP contribution in [0.3, 0.4) is 0 Å². The van der Waals surface area contributed by atoms with E-state index in [1.165, 1.54) is 11.3 Å². The molecule has 0 saturated carbocycles. The van der Waals surface area contributed by atoms with Crippen molar-refractivity contribution in [2.75, 3.05) is 25.1 Å². The largest absolute Gasteiger partial charge is 0.494 e. The summed E-state index contributed by atoms with van der Waals surface area (Å²) in [6.07, 6.45) is 6.99. The predicted octanol–water partition coefficient (Wildman–Crippen LogP) is 3.54. The SMILES string of the molecule is CCc1ccc(N(c2cnccc2OC)C2CCNCC2)cc1. The maximum atomic E-state index is 5.59. The van der Waals surface area contributed by atoms with Gasteiger partial charge < -0.3 is 15.0 Å². The molecule has 4 heteroatoms. The van der Waals surface area contributed by atoms with Crippen molar-refractivity contribution in [3.63, 3.8) is 0 Å². The fourth-order valence-electron chi connectivity index (χ4n) is 3.23. The van der Waals surface area contributed by atoms with Crippen LogP contribution < -0.4 is 15.0 Å². The number of aromatic nitrogens is 1. The average molecular weight is 311 g/mol. The minimum absolute atomic E-state index is 0.460. The van der Waals surface area contributed by atoms with E-state index in [0.29, 0.717) is 6.04 Å². The number of benzene rings is 1. The molecule has 0 amide bonds. The molecule has 1 aliphatic heterocycles. The van der Waals surface area contributed by atoms with Crippen LogP contribution in [-0.4, -0.2) is 31.2 Å². The highest BCUT2D eigenvalue weighted by molar-refractivity contribution is 5.69. The lowest BCUT2D eigenvalue weighted by molar-refractivity contribution is 0.408. The zero-order valence-electron chi connectivity index (χ0n) is 14.0. The zero-order valence-corrected chi connectivity index (χ0v) is 14.0. The summed E-state index contributed by atoms with van der Waals surface area (Å²) >= 11 is 0. The maximum Gasteiger partial charge on any atom is 0.145 e. The minimum Gasteiger partial charge on any atom is -0.494 e. The number of nitrogens with zero attached hydrogens (tertiary/aromatic N) is 2. The van der Waals surface area contributed by atoms with Gasteiger partial charge in [0.05, 0.1) is 13.3 Å². The molecule has 1 aromatic heterocycles. The first kappa shape index (κ1) is 15.8. The van der Waals surface area contributed by atoms with Gasteiger partial charge in [-0.3, -0.25) is 4.98 Å². The van der Waals surface area contributed by atoms with Crippen LogP contribution in [0.15, 0.2) is 42.7 Å². The minimum atomic E-state index is 0.460. The van der Waals surface area contributed by atoms with E-state index >= 15 is 0 Å². The molecule has 122 valence electrons. The van der Waals surface area contributed by atoms with Crippen molar-refractivity contribution in [3.8, 4) is 5.75 Å². The second-order valence-corrected chi connectivity index (χ2v) is 5.92. The molecule has 2 heterocycles. The first-order chi connectivity index (χ1) is 11.3. The van der Waals surface area contributed by atoms with Gasteiger partial charge in [-0.1, -0.05) is 19.1 Å². The third-order valence-electron chi connectivity index (χ3n) is 4.54. The molecular weight excluding hydrogens is 286 g/mol. The quantitative estimate of drug-likeness (QED) is 0.916. The van der Waals surface area contributed by atoms with Crippen molar-refractivity contribution in [2.24, 2.45) is 0 Å². The second-order valence-electron chi connectivity index (χ2n) is 5.92. The highest BCUT2D eigenvalue weighted by Crippen LogP contribution is 2.36. The lowest BCUT2D eigenvalue weighted by Crippen LogP contribution is -2.41. The van der Waals surface area contributed by atoms with Gasteiger partial charge in [-0.05, 0) is 50.0 Å². The molecule has 2 aromatic rings. The normalized spacial score (nSPS) is 15.4. The van der Waals surface area contributed by atoms with E-state index in [-0.39, 0.29) is 0 Å². The number of hydrogen-bond donors (Lipinski definition) is 1. The van der Waals surface area contributed by atoms with E-state index in [2.05, 4.69) is 46.4 Å². The summed E-state index contributed by atoms with van der Waals surface area (Å²) in [5, 5.41) is 3.45. The van der Waals surface area contributed by atoms with Crippen molar-refractivity contribution in [2.45, 2.75) is 32.2 Å². The molecular formula is C19H25N3O. The maximum absolute atomic E-state index is 5.59. The lowest BCUT2D eigenvalue weighted by Gasteiger charge is -2.37. The molecule has 1 saturated heterocycles. The van der Waals surface area contributed by atoms with Crippen molar-refractivity contribution in [1.29, 1.82) is 0 Å². The molecule has 0 radical (unpaired) electrons. The Labute approximate surface area is 138 Å². The van der Waals surface area contributed by atoms with Crippen LogP contribution >= 0.6 is 0 Å². The predicted molar refractivity (Wildman–Crippen MR) is 94.6 cm³/mol. The van der Waals surface area contributed by atoms with Crippen LogP contribution in [-0.2, 0) is 6.42 Å². The van der Waals surface area contributed by atoms with Gasteiger partial charge in [0.15, 0.2) is 0 Å². The van der Waals surface area contributed by atoms with E-state index in [1.54, 1.807) is 13.3 Å². The smallest absolute Gasteiger partial charge is 0.145 e. The zero-order chi connectivity index (χ0) is 16.1. The number of hydrogen-bond acceptors (Lipinski definition) is 4. The van der Waals surface area contributed by atoms with Gasteiger partial charge in [0.1, 0.15) is 11.4 Å². The first-order valence-electron chi connectivity index (χ1n) is 8.40. The van der Waals surface area contributed by atoms with Crippen molar-refractivity contribution >= 4 is 11.4 Å². The molecule has 3 rings (SSSR count). The van der Waals surface area contributed by atoms with E-state index < -0.39 is 0 Å². The van der Waals surface area contributed by atoms with Crippen LogP contribution in [0.5, 0.6) is 5.75 Å². The van der Waals surface area contributed by atoms with Crippen LogP contribution in [0.25, 0.3) is 0 Å². The monoisotopic (exact) mass is 311 g/mol. The summed E-state index contributed by atoms with van der Waals surface area (Å²) in [7, 11) is 1.72. The molecule has 23 heavy (non-hydrogen) atoms. The van der Waals surface area contributed by atoms with Crippen LogP contribution in [0.2, 0.25) is 0 Å². The summed E-state index contributed by atoms with van der Waals surface area (Å²) in [4.78, 5) is 6.73. The van der Waals surface area contributed by atoms with E-state index in [0.717, 1.165) is 43.8 Å². The second kappa shape index (κ2) is 7.47. The van der Waals surface area contributed by atoms with E-state index in [9.17, 15) is 0 Å². The van der Waals surface area contributed by atoms with Crippen LogP contribution in [0, 0.1) is 0 Å². The average Bonchev–Trinajstić information content (AvgIpc) is 2.64. The van der Waals surface area contributed by atoms with Gasteiger partial charge >= 0.3 is 0 Å². The number of rotatable bonds is 5. The fourth-order valence-corrected chi connectivity index (χ4v) is 3.23. The number of anilines is 2. The number of methoxy groups -OCH3 is 1. The van der Waals surface area contributed by atoms with Crippen LogP contribution in [0.1, 0.15) is 25.3 Å². The Bertz CT molecular complexity index is 621. The lowest BCUT2D eigenvalue weighted by atomic mass is 10.0. The van der Waals surface area contributed by atoms with Crippen molar-refractivity contribution in [1.82, 2.24) is 10.3 Å². The molecule has 0 spiro atoms. The third kappa shape index (κ3) is 3.48. The number of pyridine rings is 1. The first-order valence-corrected chi connectivity index (χ1v) is 8.40. The van der Waals surface area contributed by atoms with Gasteiger partial charge in [-0.15, -0.1) is 0 Å². The number of aryl methyl sites for hydroxylation is 1. The molecule has 0 aliphatic carbocycles. The van der Waals surface area contributed by atoms with Crippen molar-refractivity contribution in [3.05, 3.63) is 48.3 Å². The van der Waals surface area contributed by atoms with Crippen molar-refractivity contribution < 1.29 is 4.74 Å². The Morgan fingerprint density at radius 3 is 2.57 bits per heavy atom. The Balaban J connectivity index is 2.01. The van der Waals surface area contributed by atoms with Gasteiger partial charge in [0.25, 0.3) is 0 Å². The summed E-state index contributed by atoms with van der Waals surface area (Å²) in [6.45, 7) is 4.29. The van der Waals surface area contributed by atoms with E-state index in [4.69, 9.17) is 4.74 Å². The summed E-state index contributed by atoms with van der Waals surface area (Å²) in [6, 6.07) is 11.3. The van der Waals surface area contributed by atoms with Gasteiger partial charge in [-0.2, -0.15) is 0 Å². The molecule has 1 fully saturated rings. The number of ether oxygens (including phenoxy) is 1. The molecule has 0 bridgehead atoms. The topological polar surface area (TPSA) is 37.4 Å². The highest BCUT2D eigenvalue weighted by Gasteiger charge is 2.25. The van der Waals surface area contributed by atoms with Gasteiger partial charge in [0, 0.05) is 24.0 Å². The molecule has 0 unspecified atom stereocenters. The summed E-state index contributed by atoms with van der Waals surface area (Å²) < 4.78 is 5.59. The molecule has 1 N–H and O–H groups in total. The number of piperidine rings is 1. The Morgan fingerprint density at radius 1 is 1.17 bits per heavy atom. The molecule has 0 atom stereocenters. The molecule has 4 nitrogen and oxygen atoms in total. The van der Waals surface area contributed by atoms with E-state index in [1.807, 2.05) is 12.3 Å². The highest BCUT2D eigenvalue weighted by atomic mass is 16.5. The Kier molecular flexibility index (Phi) is 5.13. The Hall–Kier alpha value is -2.07. The van der Waals surface area contributed by atoms with Gasteiger partial charge in [-0.25, -0.2) is 0 Å². The molecule has 1 aromatic carbocycles. The standard InChI is InChI=1S/C19H25N3O/c1-3-15-4-6-16(7-5-15)22(17-8-11-20-12-9-17)18-14-21-13-10-19(18)23-2/h4-7,10,13-14,17,20H,3,8-9,11-12H2,1-2H3. The molecule has 1 aliphatic rings. The van der Waals surface area contributed by atoms with Crippen LogP contribution in [0.4, 0.5) is 11.4 Å². The third-order valence-corrected chi connectivity index (χ3v) is 4.54. The summed E-state index contributed by atoms with van der Waals surface area (Å²) in [5.41, 5.74) is 3.61. The number of nitrogens with one attached hydrogen (secondary N) is 1. The summed E-state index contributed by atoms with van der Waals surface area (Å²) in [5.74, 6) is 0.873. The fraction of sp³-hybridized carbons (Fsp3) is 0.421. The van der Waals surface area contributed by atoms with Gasteiger partial charge in [0.2, 0.25) is 0 Å². The Morgan fingerprint density at radius 2 is 1.91 bits per heavy atom.